The maximum Gasteiger partial charge on any atom is 0.317 e. The molecule has 0 atom stereocenters. The number of rotatable bonds is 8. The summed E-state index contributed by atoms with van der Waals surface area (Å²) in [5, 5.41) is 0. The van der Waals surface area contributed by atoms with Gasteiger partial charge in [0.1, 0.15) is 11.5 Å². The van der Waals surface area contributed by atoms with Gasteiger partial charge in [-0.3, -0.25) is 17.4 Å². The van der Waals surface area contributed by atoms with E-state index in [0.717, 1.165) is 24.3 Å². The number of fused-ring (bicyclic) bond motifs is 1. The van der Waals surface area contributed by atoms with Gasteiger partial charge in [0.2, 0.25) is 0 Å². The van der Waals surface area contributed by atoms with Crippen molar-refractivity contribution in [3.63, 3.8) is 0 Å². The first-order valence-corrected chi connectivity index (χ1v) is 15.9. The average Bonchev–Trinajstić information content (AvgIpc) is 3.84. The second-order valence-corrected chi connectivity index (χ2v) is 13.4. The second-order valence-electron chi connectivity index (χ2n) is 10.1. The van der Waals surface area contributed by atoms with Crippen LogP contribution >= 0.6 is 16.9 Å². The molecule has 0 radical (unpaired) electrons. The van der Waals surface area contributed by atoms with Crippen LogP contribution in [0.15, 0.2) is 135 Å². The second kappa shape index (κ2) is 9.89. The fourth-order valence-corrected chi connectivity index (χ4v) is 9.29. The van der Waals surface area contributed by atoms with Crippen LogP contribution in [0.3, 0.4) is 0 Å². The Labute approximate surface area is 235 Å². The molecule has 3 aliphatic rings. The van der Waals surface area contributed by atoms with Crippen LogP contribution in [-0.4, -0.2) is 17.4 Å². The summed E-state index contributed by atoms with van der Waals surface area (Å²) in [5.74, 6) is 2.51. The molecular weight excluding hydrogens is 534 g/mol. The lowest BCUT2D eigenvalue weighted by atomic mass is 9.63. The van der Waals surface area contributed by atoms with E-state index in [2.05, 4.69) is 152 Å². The Hall–Kier alpha value is -3.98. The lowest BCUT2D eigenvalue weighted by Gasteiger charge is -2.42. The molecule has 6 aromatic rings. The van der Waals surface area contributed by atoms with Crippen LogP contribution in [-0.2, 0) is 0 Å². The molecule has 2 bridgehead atoms. The van der Waals surface area contributed by atoms with Crippen LogP contribution in [0.4, 0.5) is 0 Å². The zero-order valence-corrected chi connectivity index (χ0v) is 23.6. The first-order chi connectivity index (χ1) is 19.8. The summed E-state index contributed by atoms with van der Waals surface area (Å²) < 4.78 is 22.6. The topological polar surface area (TPSA) is 38.2 Å². The quantitative estimate of drug-likeness (QED) is 0.174. The van der Waals surface area contributed by atoms with Crippen molar-refractivity contribution in [2.24, 2.45) is 0 Å². The summed E-state index contributed by atoms with van der Waals surface area (Å²) >= 11 is 0. The van der Waals surface area contributed by atoms with Gasteiger partial charge < -0.3 is 9.05 Å². The molecule has 2 aromatic carbocycles. The normalized spacial score (nSPS) is 17.2. The molecule has 198 valence electrons. The van der Waals surface area contributed by atoms with Gasteiger partial charge in [0.05, 0.1) is 0 Å². The Kier molecular flexibility index (Phi) is 5.90. The molecule has 0 fully saturated rings. The van der Waals surface area contributed by atoms with Crippen molar-refractivity contribution in [2.45, 2.75) is 24.7 Å². The lowest BCUT2D eigenvalue weighted by Crippen LogP contribution is -2.26. The SMILES string of the molecule is c1cc(OP(n2cccc2)n2cccc2)c2c(c1)C1CCC2c2c(OP(n3cccc3)n3cccc3)cccc21. The summed E-state index contributed by atoms with van der Waals surface area (Å²) in [4.78, 5) is 0. The number of benzene rings is 2. The van der Waals surface area contributed by atoms with Crippen molar-refractivity contribution >= 4 is 16.9 Å². The molecule has 0 saturated heterocycles. The Morgan fingerprint density at radius 2 is 0.800 bits per heavy atom. The Morgan fingerprint density at radius 1 is 0.450 bits per heavy atom. The molecule has 8 heteroatoms. The van der Waals surface area contributed by atoms with Gasteiger partial charge in [-0.05, 0) is 84.6 Å². The van der Waals surface area contributed by atoms with Gasteiger partial charge in [-0.2, -0.15) is 0 Å². The lowest BCUT2D eigenvalue weighted by molar-refractivity contribution is 0.477. The third-order valence-corrected chi connectivity index (χ3v) is 11.3. The largest absolute Gasteiger partial charge is 0.436 e. The molecule has 40 heavy (non-hydrogen) atoms. The molecule has 9 rings (SSSR count). The van der Waals surface area contributed by atoms with E-state index in [1.165, 1.54) is 22.3 Å². The average molecular weight is 563 g/mol. The van der Waals surface area contributed by atoms with Crippen LogP contribution in [0.25, 0.3) is 0 Å². The maximum atomic E-state index is 6.95. The molecule has 0 N–H and O–H groups in total. The predicted octanol–water partition coefficient (Wildman–Crippen LogP) is 8.67. The van der Waals surface area contributed by atoms with E-state index in [1.54, 1.807) is 0 Å². The number of aromatic nitrogens is 4. The summed E-state index contributed by atoms with van der Waals surface area (Å²) in [6, 6.07) is 29.6. The summed E-state index contributed by atoms with van der Waals surface area (Å²) in [7, 11) is -2.23. The van der Waals surface area contributed by atoms with Crippen molar-refractivity contribution in [1.82, 2.24) is 17.4 Å². The first kappa shape index (κ1) is 23.9. The summed E-state index contributed by atoms with van der Waals surface area (Å²) in [6.07, 6.45) is 18.9. The molecule has 4 heterocycles. The highest BCUT2D eigenvalue weighted by Gasteiger charge is 2.42. The molecule has 4 aromatic heterocycles. The zero-order chi connectivity index (χ0) is 26.5. The van der Waals surface area contributed by atoms with Gasteiger partial charge >= 0.3 is 16.9 Å². The molecule has 0 aliphatic heterocycles. The number of nitrogens with zero attached hydrogens (tertiary/aromatic N) is 4. The molecule has 6 nitrogen and oxygen atoms in total. The van der Waals surface area contributed by atoms with Gasteiger partial charge in [-0.1, -0.05) is 24.3 Å². The van der Waals surface area contributed by atoms with E-state index in [9.17, 15) is 0 Å². The summed E-state index contributed by atoms with van der Waals surface area (Å²) in [5.41, 5.74) is 5.43. The van der Waals surface area contributed by atoms with Gasteiger partial charge in [-0.15, -0.1) is 0 Å². The van der Waals surface area contributed by atoms with E-state index in [4.69, 9.17) is 9.05 Å². The van der Waals surface area contributed by atoms with Crippen LogP contribution in [0, 0.1) is 0 Å². The van der Waals surface area contributed by atoms with Crippen molar-refractivity contribution in [3.8, 4) is 11.5 Å². The van der Waals surface area contributed by atoms with E-state index >= 15 is 0 Å². The van der Waals surface area contributed by atoms with E-state index in [-0.39, 0.29) is 5.92 Å². The van der Waals surface area contributed by atoms with Gasteiger partial charge in [0.15, 0.2) is 0 Å². The van der Waals surface area contributed by atoms with Crippen molar-refractivity contribution in [2.75, 3.05) is 0 Å². The third-order valence-electron chi connectivity index (χ3n) is 7.90. The van der Waals surface area contributed by atoms with Gasteiger partial charge in [0, 0.05) is 72.5 Å². The minimum Gasteiger partial charge on any atom is -0.436 e. The molecule has 0 amide bonds. The zero-order valence-electron chi connectivity index (χ0n) is 21.8. The van der Waals surface area contributed by atoms with Crippen LogP contribution in [0.1, 0.15) is 46.9 Å². The van der Waals surface area contributed by atoms with E-state index < -0.39 is 16.9 Å². The number of hydrogen-bond acceptors (Lipinski definition) is 2. The van der Waals surface area contributed by atoms with Gasteiger partial charge in [0.25, 0.3) is 0 Å². The van der Waals surface area contributed by atoms with Crippen LogP contribution in [0.5, 0.6) is 11.5 Å². The van der Waals surface area contributed by atoms with E-state index in [1.807, 2.05) is 0 Å². The Bertz CT molecular complexity index is 1530. The van der Waals surface area contributed by atoms with Crippen molar-refractivity contribution in [1.29, 1.82) is 0 Å². The van der Waals surface area contributed by atoms with Crippen LogP contribution < -0.4 is 9.05 Å². The smallest absolute Gasteiger partial charge is 0.317 e. The molecule has 0 spiro atoms. The minimum absolute atomic E-state index is 0.222. The van der Waals surface area contributed by atoms with Crippen molar-refractivity contribution in [3.05, 3.63) is 157 Å². The van der Waals surface area contributed by atoms with E-state index in [0.29, 0.717) is 5.92 Å². The Morgan fingerprint density at radius 3 is 1.18 bits per heavy atom. The third kappa shape index (κ3) is 3.94. The molecule has 3 aliphatic carbocycles. The highest BCUT2D eigenvalue weighted by atomic mass is 31.2. The standard InChI is InChI=1S/C32H28N4O2P2/c1-2-18-33(17-1)39(34-19-3-4-20-34)37-29-13-9-11-26-25-15-16-28(31(26)29)32-27(25)12-10-14-30(32)38-40(35-21-5-6-22-35)36-23-7-8-24-36/h1-14,17-25,28H,15-16H2. The fourth-order valence-electron chi connectivity index (χ4n) is 6.24. The summed E-state index contributed by atoms with van der Waals surface area (Å²) in [6.45, 7) is 0. The highest BCUT2D eigenvalue weighted by Crippen LogP contribution is 2.60. The van der Waals surface area contributed by atoms with Gasteiger partial charge in [-0.25, -0.2) is 0 Å². The Balaban J connectivity index is 1.21. The molecule has 0 unspecified atom stereocenters. The highest BCUT2D eigenvalue weighted by molar-refractivity contribution is 7.49. The predicted molar refractivity (Wildman–Crippen MR) is 160 cm³/mol. The molecule has 0 saturated carbocycles. The maximum absolute atomic E-state index is 6.95. The fraction of sp³-hybridized carbons (Fsp3) is 0.125. The first-order valence-electron chi connectivity index (χ1n) is 13.6. The minimum atomic E-state index is -1.12. The van der Waals surface area contributed by atoms with Crippen LogP contribution in [0.2, 0.25) is 0 Å². The number of hydrogen-bond donors (Lipinski definition) is 0. The monoisotopic (exact) mass is 562 g/mol. The van der Waals surface area contributed by atoms with Crippen molar-refractivity contribution < 1.29 is 9.05 Å². The molecular formula is C32H28N4O2P2.